The second-order valence-corrected chi connectivity index (χ2v) is 10.6. The van der Waals surface area contributed by atoms with E-state index in [1.807, 2.05) is 37.3 Å². The van der Waals surface area contributed by atoms with Crippen LogP contribution < -0.4 is 20.8 Å². The Bertz CT molecular complexity index is 1910. The number of benzene rings is 3. The van der Waals surface area contributed by atoms with Gasteiger partial charge in [-0.25, -0.2) is 27.2 Å². The Hall–Kier alpha value is -4.84. The number of nitrogens with one attached hydrogen (secondary N) is 1. The van der Waals surface area contributed by atoms with Crippen molar-refractivity contribution in [3.63, 3.8) is 0 Å². The number of anilines is 2. The number of hydrogen-bond acceptors (Lipinski definition) is 7. The normalized spacial score (nSPS) is 12.3. The summed E-state index contributed by atoms with van der Waals surface area (Å²) in [6.07, 6.45) is 1.44. The summed E-state index contributed by atoms with van der Waals surface area (Å²) in [5.41, 5.74) is 7.95. The van der Waals surface area contributed by atoms with Crippen LogP contribution in [0.25, 0.3) is 22.0 Å². The van der Waals surface area contributed by atoms with Gasteiger partial charge in [-0.15, -0.1) is 0 Å². The molecule has 5 rings (SSSR count). The van der Waals surface area contributed by atoms with Crippen LogP contribution in [0.5, 0.6) is 5.88 Å². The summed E-state index contributed by atoms with van der Waals surface area (Å²) in [5.74, 6) is -2.18. The molecule has 0 aliphatic rings. The number of aromatic nitrogens is 3. The van der Waals surface area contributed by atoms with Crippen LogP contribution in [0.2, 0.25) is 0 Å². The summed E-state index contributed by atoms with van der Waals surface area (Å²) in [6, 6.07) is 17.5. The summed E-state index contributed by atoms with van der Waals surface area (Å²) in [7, 11) is -3.18. The Labute approximate surface area is 228 Å². The minimum absolute atomic E-state index is 0.0671. The van der Waals surface area contributed by atoms with Crippen molar-refractivity contribution in [2.24, 2.45) is 0 Å². The third-order valence-corrected chi connectivity index (χ3v) is 7.80. The molecule has 0 aliphatic heterocycles. The van der Waals surface area contributed by atoms with Gasteiger partial charge in [-0.05, 0) is 48.4 Å². The lowest BCUT2D eigenvalue weighted by atomic mass is 10.0. The maximum absolute atomic E-state index is 14.2. The smallest absolute Gasteiger partial charge is 0.264 e. The number of fused-ring (bicyclic) bond motifs is 1. The molecule has 9 nitrogen and oxygen atoms in total. The van der Waals surface area contributed by atoms with Gasteiger partial charge in [0.15, 0.2) is 0 Å². The van der Waals surface area contributed by atoms with E-state index in [0.29, 0.717) is 28.1 Å². The average molecular weight is 564 g/mol. The van der Waals surface area contributed by atoms with Crippen LogP contribution in [0, 0.1) is 11.6 Å². The molecule has 40 heavy (non-hydrogen) atoms. The highest BCUT2D eigenvalue weighted by molar-refractivity contribution is 7.92. The molecule has 2 aromatic heterocycles. The summed E-state index contributed by atoms with van der Waals surface area (Å²) in [4.78, 5) is 21.4. The lowest BCUT2D eigenvalue weighted by Gasteiger charge is -2.18. The maximum Gasteiger partial charge on any atom is 0.264 e. The van der Waals surface area contributed by atoms with Gasteiger partial charge in [0.25, 0.3) is 15.6 Å². The monoisotopic (exact) mass is 563 g/mol. The van der Waals surface area contributed by atoms with Gasteiger partial charge in [-0.1, -0.05) is 36.4 Å². The highest BCUT2D eigenvalue weighted by atomic mass is 32.2. The topological polar surface area (TPSA) is 129 Å². The number of sulfonamides is 1. The summed E-state index contributed by atoms with van der Waals surface area (Å²) in [6.45, 7) is 1.85. The van der Waals surface area contributed by atoms with E-state index in [4.69, 9.17) is 10.5 Å². The molecule has 0 fully saturated rings. The summed E-state index contributed by atoms with van der Waals surface area (Å²) in [5, 5.41) is 0.292. The fraction of sp³-hybridized carbons (Fsp3) is 0.107. The molecule has 0 radical (unpaired) electrons. The molecule has 0 aliphatic carbocycles. The van der Waals surface area contributed by atoms with E-state index in [0.717, 1.165) is 17.7 Å². The van der Waals surface area contributed by atoms with E-state index in [1.165, 1.54) is 23.9 Å². The molecule has 1 atom stereocenters. The largest absolute Gasteiger partial charge is 0.480 e. The van der Waals surface area contributed by atoms with E-state index in [1.54, 1.807) is 18.2 Å². The zero-order valence-electron chi connectivity index (χ0n) is 21.3. The second kappa shape index (κ2) is 10.4. The Kier molecular flexibility index (Phi) is 6.94. The molecule has 0 spiro atoms. The molecule has 0 saturated carbocycles. The van der Waals surface area contributed by atoms with Crippen LogP contribution in [0.3, 0.4) is 0 Å². The lowest BCUT2D eigenvalue weighted by molar-refractivity contribution is 0.400. The number of rotatable bonds is 7. The fourth-order valence-corrected chi connectivity index (χ4v) is 5.50. The number of pyridine rings is 1. The van der Waals surface area contributed by atoms with E-state index >= 15 is 0 Å². The van der Waals surface area contributed by atoms with Gasteiger partial charge in [0.2, 0.25) is 11.8 Å². The molecule has 0 bridgehead atoms. The van der Waals surface area contributed by atoms with E-state index in [2.05, 4.69) is 14.7 Å². The first kappa shape index (κ1) is 26.8. The standard InChI is InChI=1S/C28H23F2N5O4S/c1-16(17-6-4-3-5-7-17)35-27(36)21-12-18(8-10-23(21)33-28(35)31)19-13-24(26(39-2)32-15-19)34-40(37,38)25-11-9-20(29)14-22(25)30/h3-16,34H,1-2H3,(H2,31,33). The third kappa shape index (κ3) is 4.96. The van der Waals surface area contributed by atoms with Gasteiger partial charge < -0.3 is 10.5 Å². The Morgan fingerprint density at radius 2 is 1.75 bits per heavy atom. The van der Waals surface area contributed by atoms with Gasteiger partial charge in [0, 0.05) is 17.8 Å². The van der Waals surface area contributed by atoms with Crippen molar-refractivity contribution in [1.82, 2.24) is 14.5 Å². The molecule has 3 aromatic carbocycles. The van der Waals surface area contributed by atoms with Crippen molar-refractivity contribution in [2.75, 3.05) is 17.6 Å². The van der Waals surface area contributed by atoms with Gasteiger partial charge in [-0.2, -0.15) is 0 Å². The third-order valence-electron chi connectivity index (χ3n) is 6.40. The SMILES string of the molecule is COc1ncc(-c2ccc3nc(N)n(C(C)c4ccccc4)c(=O)c3c2)cc1NS(=O)(=O)c1ccc(F)cc1F. The second-order valence-electron chi connectivity index (χ2n) is 8.92. The van der Waals surface area contributed by atoms with Crippen LogP contribution >= 0.6 is 0 Å². The predicted molar refractivity (Wildman–Crippen MR) is 148 cm³/mol. The number of nitrogens with zero attached hydrogens (tertiary/aromatic N) is 3. The molecular weight excluding hydrogens is 540 g/mol. The highest BCUT2D eigenvalue weighted by Gasteiger charge is 2.23. The van der Waals surface area contributed by atoms with Crippen LogP contribution in [0.4, 0.5) is 20.4 Å². The number of nitrogens with two attached hydrogens (primary N) is 1. The average Bonchev–Trinajstić information content (AvgIpc) is 2.93. The first-order chi connectivity index (χ1) is 19.1. The van der Waals surface area contributed by atoms with Gasteiger partial charge in [-0.3, -0.25) is 14.1 Å². The quantitative estimate of drug-likeness (QED) is 0.293. The minimum atomic E-state index is -4.47. The van der Waals surface area contributed by atoms with E-state index in [9.17, 15) is 22.0 Å². The molecular formula is C28H23F2N5O4S. The molecule has 0 saturated heterocycles. The first-order valence-electron chi connectivity index (χ1n) is 12.0. The van der Waals surface area contributed by atoms with Gasteiger partial charge >= 0.3 is 0 Å². The number of nitrogen functional groups attached to an aromatic ring is 1. The summed E-state index contributed by atoms with van der Waals surface area (Å²) >= 11 is 0. The number of halogens is 2. The number of ether oxygens (including phenoxy) is 1. The highest BCUT2D eigenvalue weighted by Crippen LogP contribution is 2.32. The molecule has 2 heterocycles. The minimum Gasteiger partial charge on any atom is -0.480 e. The van der Waals surface area contributed by atoms with E-state index in [-0.39, 0.29) is 29.1 Å². The van der Waals surface area contributed by atoms with Crippen molar-refractivity contribution >= 4 is 32.6 Å². The van der Waals surface area contributed by atoms with Gasteiger partial charge in [0.05, 0.1) is 24.1 Å². The zero-order valence-corrected chi connectivity index (χ0v) is 22.1. The molecule has 1 unspecified atom stereocenters. The van der Waals surface area contributed by atoms with Crippen LogP contribution in [0.1, 0.15) is 18.5 Å². The summed E-state index contributed by atoms with van der Waals surface area (Å²) < 4.78 is 62.2. The molecule has 3 N–H and O–H groups in total. The zero-order chi connectivity index (χ0) is 28.6. The Morgan fingerprint density at radius 3 is 2.45 bits per heavy atom. The number of hydrogen-bond donors (Lipinski definition) is 2. The lowest BCUT2D eigenvalue weighted by Crippen LogP contribution is -2.27. The first-order valence-corrected chi connectivity index (χ1v) is 13.5. The van der Waals surface area contributed by atoms with E-state index < -0.39 is 26.6 Å². The van der Waals surface area contributed by atoms with Crippen molar-refractivity contribution < 1.29 is 21.9 Å². The van der Waals surface area contributed by atoms with Crippen LogP contribution in [-0.4, -0.2) is 30.1 Å². The Balaban J connectivity index is 1.58. The number of methoxy groups -OCH3 is 1. The van der Waals surface area contributed by atoms with Crippen molar-refractivity contribution in [3.8, 4) is 17.0 Å². The molecule has 0 amide bonds. The fourth-order valence-electron chi connectivity index (χ4n) is 4.39. The van der Waals surface area contributed by atoms with Crippen molar-refractivity contribution in [3.05, 3.63) is 107 Å². The van der Waals surface area contributed by atoms with Crippen molar-refractivity contribution in [2.45, 2.75) is 17.9 Å². The maximum atomic E-state index is 14.2. The van der Waals surface area contributed by atoms with Gasteiger partial charge in [0.1, 0.15) is 22.2 Å². The predicted octanol–water partition coefficient (Wildman–Crippen LogP) is 4.74. The van der Waals surface area contributed by atoms with Crippen LogP contribution in [-0.2, 0) is 10.0 Å². The van der Waals surface area contributed by atoms with Crippen molar-refractivity contribution in [1.29, 1.82) is 0 Å². The Morgan fingerprint density at radius 1 is 1.00 bits per heavy atom. The van der Waals surface area contributed by atoms with Crippen LogP contribution in [0.15, 0.2) is 88.7 Å². The molecule has 12 heteroatoms. The molecule has 5 aromatic rings. The molecule has 204 valence electrons.